The predicted molar refractivity (Wildman–Crippen MR) is 128 cm³/mol. The number of Topliss-reactive ketones (excluding diaryl/α,β-unsaturated/α-hetero) is 1. The number of ether oxygens (including phenoxy) is 1. The Labute approximate surface area is 199 Å². The van der Waals surface area contributed by atoms with Gasteiger partial charge >= 0.3 is 0 Å². The van der Waals surface area contributed by atoms with Crippen LogP contribution in [0.15, 0.2) is 53.4 Å². The molecule has 2 aromatic carbocycles. The molecule has 1 N–H and O–H groups in total. The Hall–Kier alpha value is -2.80. The van der Waals surface area contributed by atoms with Crippen molar-refractivity contribution in [1.82, 2.24) is 0 Å². The summed E-state index contributed by atoms with van der Waals surface area (Å²) in [6.07, 6.45) is 0. The number of ketones is 1. The summed E-state index contributed by atoms with van der Waals surface area (Å²) in [7, 11) is 1.40. The first-order chi connectivity index (χ1) is 15.2. The summed E-state index contributed by atoms with van der Waals surface area (Å²) in [6.45, 7) is 3.91. The first kappa shape index (κ1) is 22.4. The van der Waals surface area contributed by atoms with E-state index in [4.69, 9.17) is 27.9 Å². The molecule has 1 unspecified atom stereocenters. The number of amides is 1. The van der Waals surface area contributed by atoms with E-state index >= 15 is 0 Å². The number of aryl methyl sites for hydroxylation is 2. The molecule has 1 amide bonds. The number of halogens is 2. The number of nitrogens with zero attached hydrogens (tertiary/aromatic N) is 1. The van der Waals surface area contributed by atoms with Crippen molar-refractivity contribution in [3.8, 4) is 5.75 Å². The summed E-state index contributed by atoms with van der Waals surface area (Å²) < 4.78 is 5.35. The van der Waals surface area contributed by atoms with E-state index in [1.165, 1.54) is 35.5 Å². The molecule has 32 heavy (non-hydrogen) atoms. The predicted octanol–water partition coefficient (Wildman–Crippen LogP) is 6.31. The molecule has 2 heterocycles. The van der Waals surface area contributed by atoms with E-state index in [9.17, 15) is 14.7 Å². The fraction of sp³-hybridized carbons (Fsp3) is 0.167. The molecule has 0 spiro atoms. The molecular weight excluding hydrogens is 469 g/mol. The number of benzene rings is 2. The molecule has 1 aliphatic rings. The minimum atomic E-state index is -0.806. The number of aliphatic hydroxyl groups is 1. The highest BCUT2D eigenvalue weighted by atomic mass is 35.5. The van der Waals surface area contributed by atoms with Gasteiger partial charge in [-0.25, -0.2) is 0 Å². The maximum Gasteiger partial charge on any atom is 0.300 e. The number of methoxy groups -OCH3 is 1. The number of rotatable bonds is 4. The van der Waals surface area contributed by atoms with Gasteiger partial charge in [-0.1, -0.05) is 35.3 Å². The Kier molecular flexibility index (Phi) is 6.03. The van der Waals surface area contributed by atoms with Crippen LogP contribution in [0.1, 0.15) is 27.6 Å². The standard InChI is InChI=1S/C24H19Cl2NO4S/c1-12-6-7-15(9-13(12)2)27-20(18-5-4-8-32-18)19(22(29)24(27)30)21(28)16-10-14(25)11-17(26)23(16)31-3/h4-11,20,28H,1-3H3/b21-19-. The minimum absolute atomic E-state index is 0.0488. The maximum atomic E-state index is 13.2. The molecule has 1 atom stereocenters. The van der Waals surface area contributed by atoms with Gasteiger partial charge in [-0.15, -0.1) is 11.3 Å². The zero-order valence-corrected chi connectivity index (χ0v) is 19.8. The monoisotopic (exact) mass is 487 g/mol. The van der Waals surface area contributed by atoms with E-state index in [0.29, 0.717) is 5.69 Å². The number of thiophene rings is 1. The molecule has 4 rings (SSSR count). The molecule has 0 bridgehead atoms. The van der Waals surface area contributed by atoms with Gasteiger partial charge in [0.1, 0.15) is 17.6 Å². The average molecular weight is 488 g/mol. The molecule has 5 nitrogen and oxygen atoms in total. The molecule has 1 saturated heterocycles. The van der Waals surface area contributed by atoms with Crippen molar-refractivity contribution >= 4 is 57.7 Å². The Morgan fingerprint density at radius 2 is 1.84 bits per heavy atom. The summed E-state index contributed by atoms with van der Waals surface area (Å²) in [5, 5.41) is 13.6. The fourth-order valence-electron chi connectivity index (χ4n) is 3.78. The highest BCUT2D eigenvalue weighted by molar-refractivity contribution is 7.10. The van der Waals surface area contributed by atoms with Gasteiger partial charge in [-0.3, -0.25) is 14.5 Å². The third-order valence-electron chi connectivity index (χ3n) is 5.49. The number of hydrogen-bond donors (Lipinski definition) is 1. The second-order valence-corrected chi connectivity index (χ2v) is 9.24. The first-order valence-corrected chi connectivity index (χ1v) is 11.3. The van der Waals surface area contributed by atoms with Gasteiger partial charge < -0.3 is 9.84 Å². The molecule has 1 fully saturated rings. The van der Waals surface area contributed by atoms with Crippen molar-refractivity contribution in [2.24, 2.45) is 0 Å². The number of hydrogen-bond acceptors (Lipinski definition) is 5. The molecule has 8 heteroatoms. The highest BCUT2D eigenvalue weighted by Gasteiger charge is 2.47. The summed E-state index contributed by atoms with van der Waals surface area (Å²) >= 11 is 13.8. The molecule has 164 valence electrons. The molecular formula is C24H19Cl2NO4S. The normalized spacial score (nSPS) is 17.8. The highest BCUT2D eigenvalue weighted by Crippen LogP contribution is 2.46. The zero-order chi connectivity index (χ0) is 23.2. The van der Waals surface area contributed by atoms with Gasteiger partial charge in [0, 0.05) is 15.6 Å². The van der Waals surface area contributed by atoms with Crippen molar-refractivity contribution in [1.29, 1.82) is 0 Å². The van der Waals surface area contributed by atoms with Crippen molar-refractivity contribution in [3.05, 3.63) is 85.0 Å². The lowest BCUT2D eigenvalue weighted by molar-refractivity contribution is -0.132. The second-order valence-electron chi connectivity index (χ2n) is 7.42. The van der Waals surface area contributed by atoms with E-state index < -0.39 is 23.5 Å². The largest absolute Gasteiger partial charge is 0.507 e. The smallest absolute Gasteiger partial charge is 0.300 e. The van der Waals surface area contributed by atoms with Crippen LogP contribution in [0, 0.1) is 13.8 Å². The van der Waals surface area contributed by atoms with Crippen LogP contribution in [0.2, 0.25) is 10.0 Å². The second kappa shape index (κ2) is 8.62. The molecule has 0 saturated carbocycles. The minimum Gasteiger partial charge on any atom is -0.507 e. The number of anilines is 1. The summed E-state index contributed by atoms with van der Waals surface area (Å²) in [6, 6.07) is 11.3. The lowest BCUT2D eigenvalue weighted by atomic mass is 9.99. The Bertz CT molecular complexity index is 1270. The van der Waals surface area contributed by atoms with Crippen LogP contribution in [0.4, 0.5) is 5.69 Å². The van der Waals surface area contributed by atoms with Gasteiger partial charge in [0.05, 0.1) is 23.3 Å². The van der Waals surface area contributed by atoms with Crippen molar-refractivity contribution in [2.45, 2.75) is 19.9 Å². The van der Waals surface area contributed by atoms with Crippen LogP contribution >= 0.6 is 34.5 Å². The molecule has 0 aliphatic carbocycles. The van der Waals surface area contributed by atoms with Crippen molar-refractivity contribution in [2.75, 3.05) is 12.0 Å². The first-order valence-electron chi connectivity index (χ1n) is 9.69. The zero-order valence-electron chi connectivity index (χ0n) is 17.5. The molecule has 0 radical (unpaired) electrons. The number of aliphatic hydroxyl groups excluding tert-OH is 1. The number of carbonyl (C=O) groups excluding carboxylic acids is 2. The van der Waals surface area contributed by atoms with E-state index in [-0.39, 0.29) is 26.9 Å². The van der Waals surface area contributed by atoms with E-state index in [2.05, 4.69) is 0 Å². The summed E-state index contributed by atoms with van der Waals surface area (Å²) in [5.74, 6) is -1.75. The van der Waals surface area contributed by atoms with Crippen LogP contribution < -0.4 is 9.64 Å². The van der Waals surface area contributed by atoms with E-state index in [1.54, 1.807) is 6.07 Å². The van der Waals surface area contributed by atoms with Crippen molar-refractivity contribution in [3.63, 3.8) is 0 Å². The van der Waals surface area contributed by atoms with Gasteiger partial charge in [0.15, 0.2) is 0 Å². The Morgan fingerprint density at radius 1 is 1.09 bits per heavy atom. The van der Waals surface area contributed by atoms with Gasteiger partial charge in [0.25, 0.3) is 11.7 Å². The summed E-state index contributed by atoms with van der Waals surface area (Å²) in [5.41, 5.74) is 2.72. The summed E-state index contributed by atoms with van der Waals surface area (Å²) in [4.78, 5) is 28.6. The van der Waals surface area contributed by atoms with E-state index in [1.807, 2.05) is 43.5 Å². The van der Waals surface area contributed by atoms with Crippen LogP contribution in [-0.4, -0.2) is 23.9 Å². The van der Waals surface area contributed by atoms with Crippen molar-refractivity contribution < 1.29 is 19.4 Å². The average Bonchev–Trinajstić information content (AvgIpc) is 3.36. The SMILES string of the molecule is COc1c(Cl)cc(Cl)cc1/C(O)=C1/C(=O)C(=O)N(c2ccc(C)c(C)c2)C1c1cccs1. The molecule has 1 aliphatic heterocycles. The van der Waals surface area contributed by atoms with E-state index in [0.717, 1.165) is 16.0 Å². The number of carbonyl (C=O) groups is 2. The maximum absolute atomic E-state index is 13.2. The third-order valence-corrected chi connectivity index (χ3v) is 6.92. The Balaban J connectivity index is 1.99. The lowest BCUT2D eigenvalue weighted by Crippen LogP contribution is -2.29. The van der Waals surface area contributed by atoms with Crippen LogP contribution in [-0.2, 0) is 9.59 Å². The lowest BCUT2D eigenvalue weighted by Gasteiger charge is -2.25. The third kappa shape index (κ3) is 3.68. The Morgan fingerprint density at radius 3 is 2.47 bits per heavy atom. The fourth-order valence-corrected chi connectivity index (χ4v) is 5.17. The molecule has 3 aromatic rings. The quantitative estimate of drug-likeness (QED) is 0.266. The molecule has 1 aromatic heterocycles. The van der Waals surface area contributed by atoms with Gasteiger partial charge in [-0.05, 0) is 60.7 Å². The van der Waals surface area contributed by atoms with Crippen LogP contribution in [0.3, 0.4) is 0 Å². The van der Waals surface area contributed by atoms with Gasteiger partial charge in [0.2, 0.25) is 0 Å². The van der Waals surface area contributed by atoms with Crippen LogP contribution in [0.5, 0.6) is 5.75 Å². The topological polar surface area (TPSA) is 66.8 Å². The van der Waals surface area contributed by atoms with Crippen LogP contribution in [0.25, 0.3) is 5.76 Å². The van der Waals surface area contributed by atoms with Gasteiger partial charge in [-0.2, -0.15) is 0 Å².